The SMILES string of the molecule is CCc1c(NN)ncnc1NC1CC1c1ccccc1. The third kappa shape index (κ3) is 2.44. The molecular weight excluding hydrogens is 250 g/mol. The smallest absolute Gasteiger partial charge is 0.148 e. The molecule has 104 valence electrons. The van der Waals surface area contributed by atoms with Gasteiger partial charge in [0, 0.05) is 17.5 Å². The van der Waals surface area contributed by atoms with Gasteiger partial charge in [-0.2, -0.15) is 0 Å². The summed E-state index contributed by atoms with van der Waals surface area (Å²) in [4.78, 5) is 8.49. The van der Waals surface area contributed by atoms with Gasteiger partial charge >= 0.3 is 0 Å². The summed E-state index contributed by atoms with van der Waals surface area (Å²) in [7, 11) is 0. The summed E-state index contributed by atoms with van der Waals surface area (Å²) < 4.78 is 0. The molecule has 5 heteroatoms. The van der Waals surface area contributed by atoms with Crippen LogP contribution in [0.1, 0.15) is 30.4 Å². The number of nitrogens with zero attached hydrogens (tertiary/aromatic N) is 2. The molecule has 3 rings (SSSR count). The molecule has 1 aromatic heterocycles. The number of nitrogens with one attached hydrogen (secondary N) is 2. The van der Waals surface area contributed by atoms with Crippen LogP contribution in [0.15, 0.2) is 36.7 Å². The van der Waals surface area contributed by atoms with Gasteiger partial charge in [-0.3, -0.25) is 0 Å². The second-order valence-corrected chi connectivity index (χ2v) is 5.05. The predicted octanol–water partition coefficient (Wildman–Crippen LogP) is 2.29. The van der Waals surface area contributed by atoms with E-state index in [2.05, 4.69) is 51.9 Å². The molecule has 1 aliphatic rings. The van der Waals surface area contributed by atoms with Crippen molar-refractivity contribution in [2.45, 2.75) is 31.7 Å². The Bertz CT molecular complexity index is 584. The summed E-state index contributed by atoms with van der Waals surface area (Å²) in [5.74, 6) is 7.65. The van der Waals surface area contributed by atoms with Gasteiger partial charge in [0.1, 0.15) is 18.0 Å². The molecule has 0 saturated heterocycles. The van der Waals surface area contributed by atoms with Crippen molar-refractivity contribution in [3.63, 3.8) is 0 Å². The molecule has 1 aromatic carbocycles. The van der Waals surface area contributed by atoms with Crippen molar-refractivity contribution in [3.8, 4) is 0 Å². The first-order valence-electron chi connectivity index (χ1n) is 6.95. The Labute approximate surface area is 118 Å². The van der Waals surface area contributed by atoms with E-state index < -0.39 is 0 Å². The molecule has 1 fully saturated rings. The van der Waals surface area contributed by atoms with Crippen LogP contribution in [-0.2, 0) is 6.42 Å². The average molecular weight is 269 g/mol. The second kappa shape index (κ2) is 5.46. The zero-order valence-corrected chi connectivity index (χ0v) is 11.5. The number of nitrogen functional groups attached to an aromatic ring is 1. The van der Waals surface area contributed by atoms with Gasteiger partial charge in [0.15, 0.2) is 0 Å². The lowest BCUT2D eigenvalue weighted by Gasteiger charge is -2.12. The van der Waals surface area contributed by atoms with E-state index in [9.17, 15) is 0 Å². The van der Waals surface area contributed by atoms with Crippen LogP contribution in [0.2, 0.25) is 0 Å². The molecule has 0 radical (unpaired) electrons. The first-order chi connectivity index (χ1) is 9.83. The summed E-state index contributed by atoms with van der Waals surface area (Å²) in [5.41, 5.74) is 5.05. The van der Waals surface area contributed by atoms with Crippen LogP contribution in [0.3, 0.4) is 0 Å². The van der Waals surface area contributed by atoms with Crippen molar-refractivity contribution >= 4 is 11.6 Å². The van der Waals surface area contributed by atoms with Gasteiger partial charge in [-0.25, -0.2) is 15.8 Å². The fourth-order valence-corrected chi connectivity index (χ4v) is 2.59. The summed E-state index contributed by atoms with van der Waals surface area (Å²) in [5, 5.41) is 3.51. The maximum Gasteiger partial charge on any atom is 0.148 e. The molecule has 0 spiro atoms. The van der Waals surface area contributed by atoms with Gasteiger partial charge in [0.2, 0.25) is 0 Å². The number of anilines is 2. The summed E-state index contributed by atoms with van der Waals surface area (Å²) >= 11 is 0. The van der Waals surface area contributed by atoms with Crippen LogP contribution >= 0.6 is 0 Å². The van der Waals surface area contributed by atoms with Crippen molar-refractivity contribution in [1.29, 1.82) is 0 Å². The summed E-state index contributed by atoms with van der Waals surface area (Å²) in [6.07, 6.45) is 3.52. The van der Waals surface area contributed by atoms with Crippen molar-refractivity contribution in [2.75, 3.05) is 10.7 Å². The average Bonchev–Trinajstić information content (AvgIpc) is 3.27. The van der Waals surface area contributed by atoms with Crippen molar-refractivity contribution in [3.05, 3.63) is 47.8 Å². The lowest BCUT2D eigenvalue weighted by molar-refractivity contribution is 0.982. The minimum atomic E-state index is 0.447. The molecule has 1 heterocycles. The van der Waals surface area contributed by atoms with Crippen LogP contribution in [0.25, 0.3) is 0 Å². The molecule has 5 nitrogen and oxygen atoms in total. The van der Waals surface area contributed by atoms with Crippen LogP contribution in [-0.4, -0.2) is 16.0 Å². The molecular formula is C15H19N5. The van der Waals surface area contributed by atoms with Crippen LogP contribution in [0.4, 0.5) is 11.6 Å². The van der Waals surface area contributed by atoms with Gasteiger partial charge in [0.25, 0.3) is 0 Å². The Morgan fingerprint density at radius 3 is 2.65 bits per heavy atom. The summed E-state index contributed by atoms with van der Waals surface area (Å²) in [6.45, 7) is 2.08. The molecule has 2 aromatic rings. The zero-order chi connectivity index (χ0) is 13.9. The molecule has 0 aliphatic heterocycles. The highest BCUT2D eigenvalue weighted by Crippen LogP contribution is 2.43. The van der Waals surface area contributed by atoms with Crippen molar-refractivity contribution in [1.82, 2.24) is 9.97 Å². The maximum atomic E-state index is 5.49. The normalized spacial score (nSPS) is 20.5. The van der Waals surface area contributed by atoms with Crippen molar-refractivity contribution < 1.29 is 0 Å². The Balaban J connectivity index is 1.74. The minimum Gasteiger partial charge on any atom is -0.366 e. The molecule has 0 amide bonds. The van der Waals surface area contributed by atoms with Gasteiger partial charge < -0.3 is 10.7 Å². The number of hydrogen-bond donors (Lipinski definition) is 3. The highest BCUT2D eigenvalue weighted by molar-refractivity contribution is 5.58. The van der Waals surface area contributed by atoms with E-state index in [1.54, 1.807) is 0 Å². The minimum absolute atomic E-state index is 0.447. The predicted molar refractivity (Wildman–Crippen MR) is 80.4 cm³/mol. The Kier molecular flexibility index (Phi) is 3.52. The molecule has 1 saturated carbocycles. The molecule has 2 atom stereocenters. The van der Waals surface area contributed by atoms with Gasteiger partial charge in [-0.05, 0) is 18.4 Å². The number of benzene rings is 1. The fraction of sp³-hybridized carbons (Fsp3) is 0.333. The van der Waals surface area contributed by atoms with Crippen LogP contribution in [0.5, 0.6) is 0 Å². The number of hydrazine groups is 1. The third-order valence-electron chi connectivity index (χ3n) is 3.78. The Morgan fingerprint density at radius 1 is 1.20 bits per heavy atom. The fourth-order valence-electron chi connectivity index (χ4n) is 2.59. The highest BCUT2D eigenvalue weighted by atomic mass is 15.3. The molecule has 1 aliphatic carbocycles. The van der Waals surface area contributed by atoms with E-state index in [1.807, 2.05) is 6.07 Å². The van der Waals surface area contributed by atoms with E-state index in [-0.39, 0.29) is 0 Å². The third-order valence-corrected chi connectivity index (χ3v) is 3.78. The van der Waals surface area contributed by atoms with E-state index in [1.165, 1.54) is 11.9 Å². The van der Waals surface area contributed by atoms with E-state index in [0.717, 1.165) is 24.2 Å². The highest BCUT2D eigenvalue weighted by Gasteiger charge is 2.38. The summed E-state index contributed by atoms with van der Waals surface area (Å²) in [6, 6.07) is 11.0. The maximum absolute atomic E-state index is 5.49. The number of rotatable bonds is 5. The Hall–Kier alpha value is -2.14. The van der Waals surface area contributed by atoms with Gasteiger partial charge in [-0.1, -0.05) is 37.3 Å². The molecule has 4 N–H and O–H groups in total. The van der Waals surface area contributed by atoms with Crippen LogP contribution in [0, 0.1) is 0 Å². The van der Waals surface area contributed by atoms with Crippen molar-refractivity contribution in [2.24, 2.45) is 5.84 Å². The van der Waals surface area contributed by atoms with Gasteiger partial charge in [0.05, 0.1) is 0 Å². The number of nitrogens with two attached hydrogens (primary N) is 1. The number of hydrogen-bond acceptors (Lipinski definition) is 5. The lowest BCUT2D eigenvalue weighted by Crippen LogP contribution is -2.15. The lowest BCUT2D eigenvalue weighted by atomic mass is 10.1. The monoisotopic (exact) mass is 269 g/mol. The first kappa shape index (κ1) is 12.9. The van der Waals surface area contributed by atoms with E-state index in [0.29, 0.717) is 17.8 Å². The zero-order valence-electron chi connectivity index (χ0n) is 11.5. The molecule has 20 heavy (non-hydrogen) atoms. The Morgan fingerprint density at radius 2 is 1.95 bits per heavy atom. The first-order valence-corrected chi connectivity index (χ1v) is 6.95. The second-order valence-electron chi connectivity index (χ2n) is 5.05. The molecule has 0 bridgehead atoms. The number of aromatic nitrogens is 2. The standard InChI is InChI=1S/C15H19N5/c1-2-11-14(17-9-18-15(11)20-16)19-13-8-12(13)10-6-4-3-5-7-10/h3-7,9,12-13H,2,8,16H2,1H3,(H2,17,18,19,20). The topological polar surface area (TPSA) is 75.9 Å². The van der Waals surface area contributed by atoms with E-state index >= 15 is 0 Å². The van der Waals surface area contributed by atoms with Crippen LogP contribution < -0.4 is 16.6 Å². The van der Waals surface area contributed by atoms with Gasteiger partial charge in [-0.15, -0.1) is 0 Å². The van der Waals surface area contributed by atoms with E-state index in [4.69, 9.17) is 5.84 Å². The molecule has 2 unspecified atom stereocenters. The quantitative estimate of drug-likeness (QED) is 0.573. The largest absolute Gasteiger partial charge is 0.366 e.